The van der Waals surface area contributed by atoms with E-state index in [0.29, 0.717) is 12.8 Å². The minimum absolute atomic E-state index is 0.164. The van der Waals surface area contributed by atoms with Gasteiger partial charge < -0.3 is 0 Å². The van der Waals surface area contributed by atoms with Gasteiger partial charge in [0.05, 0.1) is 5.41 Å². The largest absolute Gasteiger partial charge is 0.293 e. The lowest BCUT2D eigenvalue weighted by Gasteiger charge is -2.34. The molecule has 4 aromatic carbocycles. The molecular weight excluding hydrogens is 352 g/mol. The van der Waals surface area contributed by atoms with Crippen molar-refractivity contribution in [3.63, 3.8) is 0 Å². The zero-order valence-electron chi connectivity index (χ0n) is 16.4. The van der Waals surface area contributed by atoms with E-state index in [2.05, 4.69) is 36.4 Å². The van der Waals surface area contributed by atoms with Crippen molar-refractivity contribution in [1.29, 1.82) is 0 Å². The van der Waals surface area contributed by atoms with Crippen LogP contribution in [0.3, 0.4) is 0 Å². The lowest BCUT2D eigenvalue weighted by molar-refractivity contribution is 0.0880. The van der Waals surface area contributed by atoms with Crippen molar-refractivity contribution in [3.05, 3.63) is 144 Å². The van der Waals surface area contributed by atoms with Crippen LogP contribution in [-0.2, 0) is 18.3 Å². The van der Waals surface area contributed by atoms with Crippen molar-refractivity contribution < 1.29 is 4.79 Å². The number of carbonyl (C=O) groups is 1. The highest BCUT2D eigenvalue weighted by Crippen LogP contribution is 2.36. The van der Waals surface area contributed by atoms with Gasteiger partial charge in [-0.25, -0.2) is 0 Å². The first-order valence-corrected chi connectivity index (χ1v) is 10.0. The highest BCUT2D eigenvalue weighted by molar-refractivity contribution is 6.04. The number of rotatable bonds is 7. The average Bonchev–Trinajstić information content (AvgIpc) is 2.80. The molecule has 0 aliphatic rings. The molecule has 0 aliphatic heterocycles. The van der Waals surface area contributed by atoms with Crippen molar-refractivity contribution in [2.24, 2.45) is 0 Å². The summed E-state index contributed by atoms with van der Waals surface area (Å²) in [5, 5.41) is 0. The van der Waals surface area contributed by atoms with Crippen LogP contribution < -0.4 is 0 Å². The van der Waals surface area contributed by atoms with Crippen molar-refractivity contribution in [3.8, 4) is 0 Å². The van der Waals surface area contributed by atoms with Gasteiger partial charge in [0.1, 0.15) is 0 Å². The third-order valence-electron chi connectivity index (χ3n) is 5.49. The molecule has 1 nitrogen and oxygen atoms in total. The molecule has 0 spiro atoms. The molecule has 0 radical (unpaired) electrons. The van der Waals surface area contributed by atoms with E-state index in [1.165, 1.54) is 0 Å². The molecule has 0 unspecified atom stereocenters. The van der Waals surface area contributed by atoms with Gasteiger partial charge in [-0.1, -0.05) is 121 Å². The quantitative estimate of drug-likeness (QED) is 0.346. The highest BCUT2D eigenvalue weighted by atomic mass is 16.1. The number of benzene rings is 4. The zero-order chi connectivity index (χ0) is 19.9. The molecule has 29 heavy (non-hydrogen) atoms. The van der Waals surface area contributed by atoms with Crippen LogP contribution in [0.1, 0.15) is 27.0 Å². The van der Waals surface area contributed by atoms with Crippen LogP contribution >= 0.6 is 0 Å². The van der Waals surface area contributed by atoms with E-state index in [4.69, 9.17) is 0 Å². The first-order valence-electron chi connectivity index (χ1n) is 10.0. The SMILES string of the molecule is O=C(c1ccccc1)C(Cc1ccccc1)(Cc1ccccc1)c1ccccc1. The van der Waals surface area contributed by atoms with E-state index in [1.807, 2.05) is 84.9 Å². The zero-order valence-corrected chi connectivity index (χ0v) is 16.4. The third kappa shape index (κ3) is 4.20. The van der Waals surface area contributed by atoms with E-state index in [9.17, 15) is 4.79 Å². The summed E-state index contributed by atoms with van der Waals surface area (Å²) < 4.78 is 0. The maximum atomic E-state index is 14.1. The maximum Gasteiger partial charge on any atom is 0.174 e. The molecule has 0 aromatic heterocycles. The van der Waals surface area contributed by atoms with Crippen LogP contribution in [0, 0.1) is 0 Å². The van der Waals surface area contributed by atoms with Gasteiger partial charge in [-0.3, -0.25) is 4.79 Å². The van der Waals surface area contributed by atoms with Gasteiger partial charge >= 0.3 is 0 Å². The molecule has 1 heteroatoms. The summed E-state index contributed by atoms with van der Waals surface area (Å²) in [7, 11) is 0. The Morgan fingerprint density at radius 3 is 1.34 bits per heavy atom. The Labute approximate surface area is 172 Å². The molecular formula is C28H24O. The summed E-state index contributed by atoms with van der Waals surface area (Å²) in [6, 6.07) is 40.6. The molecule has 0 atom stereocenters. The Balaban J connectivity index is 1.89. The summed E-state index contributed by atoms with van der Waals surface area (Å²) in [6.07, 6.45) is 1.31. The third-order valence-corrected chi connectivity index (χ3v) is 5.49. The summed E-state index contributed by atoms with van der Waals surface area (Å²) in [5.74, 6) is 0.164. The van der Waals surface area contributed by atoms with Crippen molar-refractivity contribution in [2.45, 2.75) is 18.3 Å². The first-order chi connectivity index (χ1) is 14.3. The minimum atomic E-state index is -0.675. The predicted molar refractivity (Wildman–Crippen MR) is 119 cm³/mol. The Kier molecular flexibility index (Phi) is 5.67. The summed E-state index contributed by atoms with van der Waals surface area (Å²) in [4.78, 5) is 14.1. The monoisotopic (exact) mass is 376 g/mol. The Morgan fingerprint density at radius 1 is 0.517 bits per heavy atom. The summed E-state index contributed by atoms with van der Waals surface area (Å²) in [6.45, 7) is 0. The minimum Gasteiger partial charge on any atom is -0.293 e. The van der Waals surface area contributed by atoms with Crippen molar-refractivity contribution in [1.82, 2.24) is 0 Å². The Morgan fingerprint density at radius 2 is 0.897 bits per heavy atom. The van der Waals surface area contributed by atoms with E-state index >= 15 is 0 Å². The summed E-state index contributed by atoms with van der Waals surface area (Å²) >= 11 is 0. The van der Waals surface area contributed by atoms with Crippen LogP contribution in [0.5, 0.6) is 0 Å². The van der Waals surface area contributed by atoms with Gasteiger partial charge in [0.2, 0.25) is 0 Å². The molecule has 0 saturated carbocycles. The predicted octanol–water partition coefficient (Wildman–Crippen LogP) is 6.29. The van der Waals surface area contributed by atoms with Gasteiger partial charge in [0, 0.05) is 5.56 Å². The van der Waals surface area contributed by atoms with Crippen LogP contribution in [-0.4, -0.2) is 5.78 Å². The number of hydrogen-bond donors (Lipinski definition) is 0. The fraction of sp³-hybridized carbons (Fsp3) is 0.107. The molecule has 0 amide bonds. The fourth-order valence-corrected chi connectivity index (χ4v) is 4.07. The highest BCUT2D eigenvalue weighted by Gasteiger charge is 2.40. The molecule has 0 N–H and O–H groups in total. The standard InChI is InChI=1S/C28H24O/c29-27(25-17-9-3-10-18-25)28(26-19-11-4-12-20-26,21-23-13-5-1-6-14-23)22-24-15-7-2-8-16-24/h1-20H,21-22H2. The molecule has 0 aliphatic carbocycles. The molecule has 0 saturated heterocycles. The molecule has 142 valence electrons. The van der Waals surface area contributed by atoms with E-state index in [1.54, 1.807) is 0 Å². The number of ketones is 1. The topological polar surface area (TPSA) is 17.1 Å². The Bertz CT molecular complexity index is 997. The smallest absolute Gasteiger partial charge is 0.174 e. The normalized spacial score (nSPS) is 11.2. The van der Waals surface area contributed by atoms with Gasteiger partial charge in [-0.05, 0) is 29.5 Å². The van der Waals surface area contributed by atoms with E-state index < -0.39 is 5.41 Å². The molecule has 0 bridgehead atoms. The Hall–Kier alpha value is -3.45. The second-order valence-electron chi connectivity index (χ2n) is 7.47. The van der Waals surface area contributed by atoms with Crippen LogP contribution in [0.4, 0.5) is 0 Å². The second-order valence-corrected chi connectivity index (χ2v) is 7.47. The first kappa shape index (κ1) is 18.9. The molecule has 0 fully saturated rings. The number of Topliss-reactive ketones (excluding diaryl/α,β-unsaturated/α-hetero) is 1. The lowest BCUT2D eigenvalue weighted by atomic mass is 9.67. The van der Waals surface area contributed by atoms with Crippen LogP contribution in [0.15, 0.2) is 121 Å². The second kappa shape index (κ2) is 8.70. The lowest BCUT2D eigenvalue weighted by Crippen LogP contribution is -2.40. The van der Waals surface area contributed by atoms with E-state index in [-0.39, 0.29) is 5.78 Å². The molecule has 0 heterocycles. The molecule has 4 aromatic rings. The van der Waals surface area contributed by atoms with E-state index in [0.717, 1.165) is 22.3 Å². The van der Waals surface area contributed by atoms with Gasteiger partial charge in [0.25, 0.3) is 0 Å². The van der Waals surface area contributed by atoms with Gasteiger partial charge in [0.15, 0.2) is 5.78 Å². The maximum absolute atomic E-state index is 14.1. The van der Waals surface area contributed by atoms with Crippen molar-refractivity contribution in [2.75, 3.05) is 0 Å². The van der Waals surface area contributed by atoms with Crippen LogP contribution in [0.25, 0.3) is 0 Å². The summed E-state index contributed by atoms with van der Waals surface area (Å²) in [5.41, 5.74) is 3.46. The van der Waals surface area contributed by atoms with Crippen LogP contribution in [0.2, 0.25) is 0 Å². The number of hydrogen-bond acceptors (Lipinski definition) is 1. The van der Waals surface area contributed by atoms with Gasteiger partial charge in [-0.2, -0.15) is 0 Å². The number of carbonyl (C=O) groups excluding carboxylic acids is 1. The fourth-order valence-electron chi connectivity index (χ4n) is 4.07. The van der Waals surface area contributed by atoms with Crippen molar-refractivity contribution >= 4 is 5.78 Å². The molecule has 4 rings (SSSR count). The average molecular weight is 376 g/mol. The van der Waals surface area contributed by atoms with Gasteiger partial charge in [-0.15, -0.1) is 0 Å².